The molecule has 2 aromatic carbocycles. The van der Waals surface area contributed by atoms with Crippen LogP contribution in [0.4, 0.5) is 30.4 Å². The van der Waals surface area contributed by atoms with Crippen molar-refractivity contribution in [2.75, 3.05) is 42.8 Å². The maximum atomic E-state index is 12.4. The molecule has 0 radical (unpaired) electrons. The van der Waals surface area contributed by atoms with Crippen LogP contribution >= 0.6 is 0 Å². The number of nitrogens with one attached hydrogen (secondary N) is 1. The molecule has 1 unspecified atom stereocenters. The number of hydrogen-bond acceptors (Lipinski definition) is 6. The lowest BCUT2D eigenvalue weighted by molar-refractivity contribution is -0.274. The predicted octanol–water partition coefficient (Wildman–Crippen LogP) is 4.96. The number of hydrogen-bond donors (Lipinski definition) is 1. The lowest BCUT2D eigenvalue weighted by Gasteiger charge is -2.29. The second-order valence-electron chi connectivity index (χ2n) is 7.37. The Hall–Kier alpha value is -3.11. The highest BCUT2D eigenvalue weighted by molar-refractivity contribution is 7.84. The molecule has 1 aliphatic heterocycles. The van der Waals surface area contributed by atoms with Crippen molar-refractivity contribution in [3.63, 3.8) is 0 Å². The van der Waals surface area contributed by atoms with Gasteiger partial charge in [0.15, 0.2) is 0 Å². The number of alkyl halides is 3. The Kier molecular flexibility index (Phi) is 6.85. The van der Waals surface area contributed by atoms with Gasteiger partial charge in [-0.15, -0.1) is 13.2 Å². The normalized spacial score (nSPS) is 15.2. The summed E-state index contributed by atoms with van der Waals surface area (Å²) in [4.78, 5) is 7.57. The van der Waals surface area contributed by atoms with Gasteiger partial charge in [-0.25, -0.2) is 4.98 Å². The molecule has 1 atom stereocenters. The summed E-state index contributed by atoms with van der Waals surface area (Å²) in [5.41, 5.74) is 3.00. The number of ether oxygens (including phenoxy) is 2. The first-order chi connectivity index (χ1) is 15.8. The van der Waals surface area contributed by atoms with E-state index in [2.05, 4.69) is 15.0 Å². The first-order valence-corrected chi connectivity index (χ1v) is 11.7. The summed E-state index contributed by atoms with van der Waals surface area (Å²) in [6.45, 7) is 2.69. The minimum absolute atomic E-state index is 0.298. The summed E-state index contributed by atoms with van der Waals surface area (Å²) in [5.74, 6) is 0.231. The molecule has 4 rings (SSSR count). The van der Waals surface area contributed by atoms with Crippen LogP contribution in [0, 0.1) is 0 Å². The summed E-state index contributed by atoms with van der Waals surface area (Å²) in [6.07, 6.45) is -3.12. The largest absolute Gasteiger partial charge is 0.573 e. The molecule has 1 fully saturated rings. The number of benzene rings is 2. The van der Waals surface area contributed by atoms with Gasteiger partial charge in [-0.3, -0.25) is 4.21 Å². The molecule has 6 nitrogen and oxygen atoms in total. The van der Waals surface area contributed by atoms with Crippen LogP contribution in [0.1, 0.15) is 0 Å². The molecule has 0 spiro atoms. The van der Waals surface area contributed by atoms with E-state index in [4.69, 9.17) is 9.72 Å². The van der Waals surface area contributed by atoms with Crippen molar-refractivity contribution in [2.45, 2.75) is 11.3 Å². The van der Waals surface area contributed by atoms with E-state index in [-0.39, 0.29) is 5.75 Å². The molecule has 33 heavy (non-hydrogen) atoms. The third kappa shape index (κ3) is 6.23. The van der Waals surface area contributed by atoms with Crippen LogP contribution in [-0.2, 0) is 15.5 Å². The van der Waals surface area contributed by atoms with Gasteiger partial charge in [0.25, 0.3) is 0 Å². The number of nitrogens with zero attached hydrogens (tertiary/aromatic N) is 2. The van der Waals surface area contributed by atoms with Crippen LogP contribution in [0.5, 0.6) is 5.75 Å². The summed E-state index contributed by atoms with van der Waals surface area (Å²) < 4.78 is 58.6. The van der Waals surface area contributed by atoms with E-state index in [0.717, 1.165) is 24.3 Å². The zero-order valence-corrected chi connectivity index (χ0v) is 18.6. The van der Waals surface area contributed by atoms with Crippen molar-refractivity contribution < 1.29 is 26.9 Å². The maximum Gasteiger partial charge on any atom is 0.573 e. The number of anilines is 3. The van der Waals surface area contributed by atoms with Crippen molar-refractivity contribution in [1.82, 2.24) is 4.98 Å². The fourth-order valence-corrected chi connectivity index (χ4v) is 4.02. The van der Waals surface area contributed by atoms with Gasteiger partial charge < -0.3 is 19.7 Å². The Morgan fingerprint density at radius 3 is 2.45 bits per heavy atom. The Bertz CT molecular complexity index is 1130. The topological polar surface area (TPSA) is 63.7 Å². The molecule has 1 aromatic heterocycles. The number of pyridine rings is 1. The average Bonchev–Trinajstić information content (AvgIpc) is 2.80. The number of morpholine rings is 1. The van der Waals surface area contributed by atoms with E-state index in [9.17, 15) is 17.4 Å². The second kappa shape index (κ2) is 9.80. The van der Waals surface area contributed by atoms with Gasteiger partial charge in [0, 0.05) is 58.0 Å². The third-order valence-corrected chi connectivity index (χ3v) is 5.93. The zero-order valence-electron chi connectivity index (χ0n) is 17.8. The molecule has 3 aromatic rings. The van der Waals surface area contributed by atoms with E-state index in [1.54, 1.807) is 12.3 Å². The maximum absolute atomic E-state index is 12.4. The van der Waals surface area contributed by atoms with Gasteiger partial charge in [0.1, 0.15) is 11.6 Å². The van der Waals surface area contributed by atoms with Crippen molar-refractivity contribution in [1.29, 1.82) is 0 Å². The van der Waals surface area contributed by atoms with Gasteiger partial charge in [-0.05, 0) is 42.5 Å². The standard InChI is InChI=1S/C23H22F3N3O3S/c1-33(30)20-4-2-3-16(13-20)21-14-18(29-9-11-31-12-10-29)15-22(28-21)27-17-5-7-19(8-6-17)32-23(24,25)26/h2-8,13-15H,9-12H2,1H3,(H,27,28). The van der Waals surface area contributed by atoms with E-state index < -0.39 is 17.2 Å². The van der Waals surface area contributed by atoms with E-state index in [1.165, 1.54) is 24.3 Å². The summed E-state index contributed by atoms with van der Waals surface area (Å²) >= 11 is 0. The minimum atomic E-state index is -4.74. The Balaban J connectivity index is 1.66. The van der Waals surface area contributed by atoms with Crippen LogP contribution < -0.4 is 15.0 Å². The molecule has 174 valence electrons. The van der Waals surface area contributed by atoms with E-state index in [1.807, 2.05) is 30.3 Å². The van der Waals surface area contributed by atoms with Crippen LogP contribution in [0.15, 0.2) is 65.6 Å². The highest BCUT2D eigenvalue weighted by Gasteiger charge is 2.31. The lowest BCUT2D eigenvalue weighted by atomic mass is 10.1. The minimum Gasteiger partial charge on any atom is -0.406 e. The molecule has 0 bridgehead atoms. The first-order valence-electron chi connectivity index (χ1n) is 10.2. The van der Waals surface area contributed by atoms with Crippen LogP contribution in [0.2, 0.25) is 0 Å². The van der Waals surface area contributed by atoms with Gasteiger partial charge in [-0.2, -0.15) is 0 Å². The van der Waals surface area contributed by atoms with Crippen LogP contribution in [0.25, 0.3) is 11.3 Å². The molecular formula is C23H22F3N3O3S. The van der Waals surface area contributed by atoms with Gasteiger partial charge in [0.05, 0.1) is 18.9 Å². The Morgan fingerprint density at radius 1 is 1.06 bits per heavy atom. The van der Waals surface area contributed by atoms with Crippen molar-refractivity contribution in [3.8, 4) is 17.0 Å². The Morgan fingerprint density at radius 2 is 1.79 bits per heavy atom. The molecule has 1 saturated heterocycles. The van der Waals surface area contributed by atoms with Crippen LogP contribution in [0.3, 0.4) is 0 Å². The van der Waals surface area contributed by atoms with Gasteiger partial charge in [0.2, 0.25) is 0 Å². The number of halogens is 3. The van der Waals surface area contributed by atoms with Gasteiger partial charge in [-0.1, -0.05) is 12.1 Å². The second-order valence-corrected chi connectivity index (χ2v) is 8.75. The first kappa shape index (κ1) is 23.1. The summed E-state index contributed by atoms with van der Waals surface area (Å²) in [7, 11) is -1.13. The lowest BCUT2D eigenvalue weighted by Crippen LogP contribution is -2.36. The molecular weight excluding hydrogens is 455 g/mol. The molecule has 0 amide bonds. The van der Waals surface area contributed by atoms with E-state index in [0.29, 0.717) is 35.3 Å². The van der Waals surface area contributed by atoms with Crippen molar-refractivity contribution in [2.24, 2.45) is 0 Å². The van der Waals surface area contributed by atoms with Crippen molar-refractivity contribution in [3.05, 3.63) is 60.7 Å². The molecule has 10 heteroatoms. The molecule has 1 N–H and O–H groups in total. The number of aromatic nitrogens is 1. The fourth-order valence-electron chi connectivity index (χ4n) is 3.45. The predicted molar refractivity (Wildman–Crippen MR) is 121 cm³/mol. The zero-order chi connectivity index (χ0) is 23.4. The highest BCUT2D eigenvalue weighted by Crippen LogP contribution is 2.30. The molecule has 0 aliphatic carbocycles. The SMILES string of the molecule is CS(=O)c1cccc(-c2cc(N3CCOCC3)cc(Nc3ccc(OC(F)(F)F)cc3)n2)c1. The fraction of sp³-hybridized carbons (Fsp3) is 0.261. The average molecular weight is 478 g/mol. The van der Waals surface area contributed by atoms with Crippen molar-refractivity contribution >= 4 is 28.0 Å². The highest BCUT2D eigenvalue weighted by atomic mass is 32.2. The van der Waals surface area contributed by atoms with Gasteiger partial charge >= 0.3 is 6.36 Å². The van der Waals surface area contributed by atoms with E-state index >= 15 is 0 Å². The monoisotopic (exact) mass is 477 g/mol. The molecule has 1 aliphatic rings. The quantitative estimate of drug-likeness (QED) is 0.541. The van der Waals surface area contributed by atoms with Crippen LogP contribution in [-0.4, -0.2) is 48.1 Å². The molecule has 2 heterocycles. The molecule has 0 saturated carbocycles. The number of rotatable bonds is 6. The summed E-state index contributed by atoms with van der Waals surface area (Å²) in [5, 5.41) is 3.16. The Labute approximate surface area is 191 Å². The third-order valence-electron chi connectivity index (χ3n) is 5.01. The summed E-state index contributed by atoms with van der Waals surface area (Å²) in [6, 6.07) is 16.7. The smallest absolute Gasteiger partial charge is 0.406 e.